The predicted octanol–water partition coefficient (Wildman–Crippen LogP) is 5.91. The fourth-order valence-corrected chi connectivity index (χ4v) is 5.42. The minimum Gasteiger partial charge on any atom is -0.497 e. The van der Waals surface area contributed by atoms with Crippen LogP contribution in [0.25, 0.3) is 0 Å². The number of nitrogens with zero attached hydrogens (tertiary/aromatic N) is 1. The summed E-state index contributed by atoms with van der Waals surface area (Å²) in [6.07, 6.45) is 0. The van der Waals surface area contributed by atoms with Gasteiger partial charge in [-0.3, -0.25) is 9.69 Å². The Morgan fingerprint density at radius 1 is 1.18 bits per heavy atom. The third-order valence-electron chi connectivity index (χ3n) is 6.18. The molecule has 0 saturated carbocycles. The molecule has 2 bridgehead atoms. The van der Waals surface area contributed by atoms with Gasteiger partial charge in [-0.25, -0.2) is 0 Å². The van der Waals surface area contributed by atoms with Crippen molar-refractivity contribution in [3.63, 3.8) is 0 Å². The summed E-state index contributed by atoms with van der Waals surface area (Å²) in [6.45, 7) is 1.90. The first-order valence-electron chi connectivity index (χ1n) is 10.6. The van der Waals surface area contributed by atoms with Crippen LogP contribution in [-0.2, 0) is 4.79 Å². The Kier molecular flexibility index (Phi) is 5.91. The van der Waals surface area contributed by atoms with Gasteiger partial charge in [0, 0.05) is 26.4 Å². The van der Waals surface area contributed by atoms with Crippen LogP contribution in [0.4, 0.5) is 11.4 Å². The van der Waals surface area contributed by atoms with Crippen LogP contribution in [0.2, 0.25) is 5.02 Å². The number of rotatable bonds is 4. The molecule has 6 nitrogen and oxygen atoms in total. The predicted molar refractivity (Wildman–Crippen MR) is 141 cm³/mol. The molecule has 3 atom stereocenters. The van der Waals surface area contributed by atoms with Crippen molar-refractivity contribution >= 4 is 62.1 Å². The van der Waals surface area contributed by atoms with E-state index in [1.54, 1.807) is 31.4 Å². The van der Waals surface area contributed by atoms with Crippen molar-refractivity contribution in [2.24, 2.45) is 5.92 Å². The van der Waals surface area contributed by atoms with E-state index in [2.05, 4.69) is 26.6 Å². The number of carbonyl (C=O) groups is 1. The maximum atomic E-state index is 13.8. The maximum absolute atomic E-state index is 13.8. The molecule has 1 saturated heterocycles. The Hall–Kier alpha value is -2.81. The van der Waals surface area contributed by atoms with Gasteiger partial charge in [0.05, 0.1) is 13.2 Å². The zero-order chi connectivity index (χ0) is 24.0. The highest BCUT2D eigenvalue weighted by molar-refractivity contribution is 9.10. The Balaban J connectivity index is 1.62. The Labute approximate surface area is 216 Å². The number of benzene rings is 3. The SMILES string of the molecule is COc1ccc2c(c1)[C@@H]1NC(=S)N(c3ccc(Br)cc3)[C@@](C)(O2)[C@@H]1C(=O)Nc1ccc(Cl)cc1. The molecule has 1 amide bonds. The van der Waals surface area contributed by atoms with Crippen molar-refractivity contribution in [3.8, 4) is 11.5 Å². The van der Waals surface area contributed by atoms with E-state index in [0.717, 1.165) is 15.7 Å². The number of fused-ring (bicyclic) bond motifs is 4. The molecule has 174 valence electrons. The van der Waals surface area contributed by atoms with Crippen LogP contribution in [0.15, 0.2) is 71.2 Å². The van der Waals surface area contributed by atoms with Gasteiger partial charge in [0.2, 0.25) is 5.91 Å². The average Bonchev–Trinajstić information content (AvgIpc) is 2.81. The van der Waals surface area contributed by atoms with Gasteiger partial charge in [0.25, 0.3) is 0 Å². The molecule has 1 fully saturated rings. The van der Waals surface area contributed by atoms with Crippen molar-refractivity contribution in [1.82, 2.24) is 5.32 Å². The van der Waals surface area contributed by atoms with E-state index in [1.807, 2.05) is 54.3 Å². The molecule has 0 unspecified atom stereocenters. The van der Waals surface area contributed by atoms with Crippen molar-refractivity contribution in [2.45, 2.75) is 18.7 Å². The molecular formula is C25H21BrClN3O3S. The first-order valence-corrected chi connectivity index (χ1v) is 12.2. The van der Waals surface area contributed by atoms with Gasteiger partial charge in [-0.15, -0.1) is 0 Å². The topological polar surface area (TPSA) is 62.8 Å². The van der Waals surface area contributed by atoms with Crippen molar-refractivity contribution in [1.29, 1.82) is 0 Å². The number of ether oxygens (including phenoxy) is 2. The normalized spacial score (nSPS) is 22.8. The minimum absolute atomic E-state index is 0.208. The number of methoxy groups -OCH3 is 1. The summed E-state index contributed by atoms with van der Waals surface area (Å²) in [7, 11) is 1.61. The Bertz CT molecular complexity index is 1270. The lowest BCUT2D eigenvalue weighted by molar-refractivity contribution is -0.130. The fraction of sp³-hybridized carbons (Fsp3) is 0.200. The zero-order valence-electron chi connectivity index (χ0n) is 18.3. The van der Waals surface area contributed by atoms with Gasteiger partial charge in [-0.1, -0.05) is 27.5 Å². The van der Waals surface area contributed by atoms with Gasteiger partial charge in [0.1, 0.15) is 17.4 Å². The van der Waals surface area contributed by atoms with Gasteiger partial charge in [-0.05, 0) is 85.9 Å². The largest absolute Gasteiger partial charge is 0.497 e. The smallest absolute Gasteiger partial charge is 0.236 e. The molecular weight excluding hydrogens is 538 g/mol. The van der Waals surface area contributed by atoms with Crippen LogP contribution in [0, 0.1) is 5.92 Å². The number of hydrogen-bond acceptors (Lipinski definition) is 4. The molecule has 3 aromatic carbocycles. The first kappa shape index (κ1) is 23.0. The second-order valence-electron chi connectivity index (χ2n) is 8.27. The summed E-state index contributed by atoms with van der Waals surface area (Å²) in [6, 6.07) is 19.9. The number of thiocarbonyl (C=S) groups is 1. The Morgan fingerprint density at radius 2 is 1.88 bits per heavy atom. The van der Waals surface area contributed by atoms with Crippen LogP contribution in [0.5, 0.6) is 11.5 Å². The quantitative estimate of drug-likeness (QED) is 0.388. The molecule has 3 aromatic rings. The maximum Gasteiger partial charge on any atom is 0.236 e. The number of amides is 1. The lowest BCUT2D eigenvalue weighted by Gasteiger charge is -2.56. The van der Waals surface area contributed by atoms with E-state index < -0.39 is 17.7 Å². The highest BCUT2D eigenvalue weighted by Gasteiger charge is 2.59. The minimum atomic E-state index is -1.10. The van der Waals surface area contributed by atoms with Crippen LogP contribution in [0.1, 0.15) is 18.5 Å². The molecule has 9 heteroatoms. The van der Waals surface area contributed by atoms with Crippen molar-refractivity contribution < 1.29 is 14.3 Å². The second kappa shape index (κ2) is 8.76. The number of carbonyl (C=O) groups excluding carboxylic acids is 1. The number of nitrogens with one attached hydrogen (secondary N) is 2. The summed E-state index contributed by atoms with van der Waals surface area (Å²) >= 11 is 15.3. The number of hydrogen-bond donors (Lipinski definition) is 2. The van der Waals surface area contributed by atoms with Crippen LogP contribution in [0.3, 0.4) is 0 Å². The molecule has 0 spiro atoms. The highest BCUT2D eigenvalue weighted by Crippen LogP contribution is 2.50. The van der Waals surface area contributed by atoms with Crippen molar-refractivity contribution in [3.05, 3.63) is 81.8 Å². The highest BCUT2D eigenvalue weighted by atomic mass is 79.9. The lowest BCUT2D eigenvalue weighted by Crippen LogP contribution is -2.72. The molecule has 0 aromatic heterocycles. The van der Waals surface area contributed by atoms with E-state index in [1.165, 1.54) is 0 Å². The van der Waals surface area contributed by atoms with Gasteiger partial charge in [0.15, 0.2) is 10.8 Å². The number of anilines is 2. The lowest BCUT2D eigenvalue weighted by atomic mass is 9.78. The monoisotopic (exact) mass is 557 g/mol. The summed E-state index contributed by atoms with van der Waals surface area (Å²) in [5, 5.41) is 7.49. The third-order valence-corrected chi connectivity index (χ3v) is 7.27. The van der Waals surface area contributed by atoms with E-state index in [-0.39, 0.29) is 5.91 Å². The molecule has 2 aliphatic rings. The zero-order valence-corrected chi connectivity index (χ0v) is 21.5. The molecule has 0 radical (unpaired) electrons. The van der Waals surface area contributed by atoms with Gasteiger partial charge in [-0.2, -0.15) is 0 Å². The summed E-state index contributed by atoms with van der Waals surface area (Å²) in [5.74, 6) is 0.477. The molecule has 5 rings (SSSR count). The molecule has 34 heavy (non-hydrogen) atoms. The average molecular weight is 559 g/mol. The first-order chi connectivity index (χ1) is 16.3. The number of halogens is 2. The summed E-state index contributed by atoms with van der Waals surface area (Å²) < 4.78 is 13.0. The molecule has 2 aliphatic heterocycles. The molecule has 2 N–H and O–H groups in total. The van der Waals surface area contributed by atoms with E-state index >= 15 is 0 Å². The molecule has 2 heterocycles. The van der Waals surface area contributed by atoms with E-state index in [9.17, 15) is 4.79 Å². The van der Waals surface area contributed by atoms with Crippen LogP contribution in [-0.4, -0.2) is 23.9 Å². The second-order valence-corrected chi connectivity index (χ2v) is 10.0. The fourth-order valence-electron chi connectivity index (χ4n) is 4.62. The third kappa shape index (κ3) is 3.89. The van der Waals surface area contributed by atoms with Crippen molar-refractivity contribution in [2.75, 3.05) is 17.3 Å². The van der Waals surface area contributed by atoms with Gasteiger partial charge < -0.3 is 20.1 Å². The summed E-state index contributed by atoms with van der Waals surface area (Å²) in [4.78, 5) is 15.7. The Morgan fingerprint density at radius 3 is 2.56 bits per heavy atom. The van der Waals surface area contributed by atoms with E-state index in [0.29, 0.717) is 27.3 Å². The van der Waals surface area contributed by atoms with Crippen LogP contribution < -0.4 is 25.0 Å². The van der Waals surface area contributed by atoms with E-state index in [4.69, 9.17) is 33.3 Å². The molecule has 0 aliphatic carbocycles. The summed E-state index contributed by atoms with van der Waals surface area (Å²) in [5.41, 5.74) is 1.16. The van der Waals surface area contributed by atoms with Gasteiger partial charge >= 0.3 is 0 Å². The standard InChI is InChI=1S/C25H21BrClN3O3S/c1-25-21(23(31)28-16-7-5-15(27)6-8-16)22(19-13-18(32-2)11-12-20(19)33-25)29-24(34)30(25)17-9-3-14(26)4-10-17/h3-13,21-22H,1-2H3,(H,28,31)(H,29,34)/t21-,22-,25-/m0/s1. The van der Waals surface area contributed by atoms with Crippen LogP contribution >= 0.6 is 39.7 Å².